The Labute approximate surface area is 141 Å². The van der Waals surface area contributed by atoms with E-state index in [1.54, 1.807) is 18.2 Å². The summed E-state index contributed by atoms with van der Waals surface area (Å²) >= 11 is 0. The zero-order valence-corrected chi connectivity index (χ0v) is 14.3. The maximum Gasteiger partial charge on any atom is 0.244 e. The predicted octanol–water partition coefficient (Wildman–Crippen LogP) is 2.65. The van der Waals surface area contributed by atoms with Crippen LogP contribution in [0.1, 0.15) is 23.4 Å². The lowest BCUT2D eigenvalue weighted by Gasteiger charge is -2.10. The van der Waals surface area contributed by atoms with Crippen LogP contribution >= 0.6 is 0 Å². The van der Waals surface area contributed by atoms with Gasteiger partial charge in [0.1, 0.15) is 5.82 Å². The van der Waals surface area contributed by atoms with E-state index in [0.29, 0.717) is 29.7 Å². The first-order valence-corrected chi connectivity index (χ1v) is 9.48. The van der Waals surface area contributed by atoms with Crippen molar-refractivity contribution in [3.63, 3.8) is 0 Å². The van der Waals surface area contributed by atoms with Gasteiger partial charge in [0.15, 0.2) is 0 Å². The molecule has 0 saturated carbocycles. The third-order valence-corrected chi connectivity index (χ3v) is 5.52. The average Bonchev–Trinajstić information content (AvgIpc) is 2.91. The number of aliphatic hydroxyl groups excluding tert-OH is 1. The van der Waals surface area contributed by atoms with Gasteiger partial charge < -0.3 is 5.11 Å². The van der Waals surface area contributed by atoms with E-state index in [1.165, 1.54) is 3.97 Å². The molecule has 0 atom stereocenters. The molecule has 0 saturated heterocycles. The highest BCUT2D eigenvalue weighted by atomic mass is 32.2. The van der Waals surface area contributed by atoms with Gasteiger partial charge in [0.25, 0.3) is 0 Å². The van der Waals surface area contributed by atoms with Crippen LogP contribution in [-0.2, 0) is 22.2 Å². The van der Waals surface area contributed by atoms with Gasteiger partial charge in [-0.25, -0.2) is 17.4 Å². The van der Waals surface area contributed by atoms with Gasteiger partial charge in [0.2, 0.25) is 10.0 Å². The first-order chi connectivity index (χ1) is 11.5. The maximum absolute atomic E-state index is 13.0. The van der Waals surface area contributed by atoms with Crippen LogP contribution in [0.2, 0.25) is 0 Å². The van der Waals surface area contributed by atoms with Crippen molar-refractivity contribution in [2.75, 3.05) is 6.61 Å². The van der Waals surface area contributed by atoms with Crippen LogP contribution in [0.4, 0.5) is 0 Å². The zero-order valence-electron chi connectivity index (χ0n) is 13.5. The summed E-state index contributed by atoms with van der Waals surface area (Å²) in [5, 5.41) is 9.09. The lowest BCUT2D eigenvalue weighted by Crippen LogP contribution is -2.18. The standard InChI is InChI=1S/C18H20N2O3S/c1-14-9-10-17-16(12-14)19-18(8-5-11-21)20(17)24(22,23)13-15-6-3-2-4-7-15/h2-4,6-7,9-10,12,21H,5,8,11,13H2,1H3. The van der Waals surface area contributed by atoms with E-state index in [1.807, 2.05) is 37.3 Å². The van der Waals surface area contributed by atoms with E-state index in [4.69, 9.17) is 5.11 Å². The molecule has 3 rings (SSSR count). The van der Waals surface area contributed by atoms with Gasteiger partial charge >= 0.3 is 0 Å². The van der Waals surface area contributed by atoms with Gasteiger partial charge in [-0.1, -0.05) is 36.4 Å². The van der Waals surface area contributed by atoms with E-state index < -0.39 is 10.0 Å². The van der Waals surface area contributed by atoms with Gasteiger partial charge in [-0.05, 0) is 36.6 Å². The smallest absolute Gasteiger partial charge is 0.244 e. The second kappa shape index (κ2) is 6.75. The first kappa shape index (κ1) is 16.7. The fourth-order valence-electron chi connectivity index (χ4n) is 2.77. The molecule has 0 aliphatic rings. The second-order valence-corrected chi connectivity index (χ2v) is 7.67. The molecule has 1 N–H and O–H groups in total. The quantitative estimate of drug-likeness (QED) is 0.746. The number of hydrogen-bond acceptors (Lipinski definition) is 4. The first-order valence-electron chi connectivity index (χ1n) is 7.87. The van der Waals surface area contributed by atoms with Crippen LogP contribution in [-0.4, -0.2) is 29.1 Å². The summed E-state index contributed by atoms with van der Waals surface area (Å²) in [6.07, 6.45) is 0.890. The maximum atomic E-state index is 13.0. The zero-order chi connectivity index (χ0) is 17.2. The summed E-state index contributed by atoms with van der Waals surface area (Å²) < 4.78 is 27.3. The minimum Gasteiger partial charge on any atom is -0.396 e. The van der Waals surface area contributed by atoms with Crippen LogP contribution in [0.3, 0.4) is 0 Å². The highest BCUT2D eigenvalue weighted by molar-refractivity contribution is 7.89. The summed E-state index contributed by atoms with van der Waals surface area (Å²) in [6.45, 7) is 1.95. The van der Waals surface area contributed by atoms with Crippen LogP contribution in [0.25, 0.3) is 11.0 Å². The average molecular weight is 344 g/mol. The van der Waals surface area contributed by atoms with E-state index in [9.17, 15) is 8.42 Å². The Kier molecular flexibility index (Phi) is 4.69. The van der Waals surface area contributed by atoms with Crippen LogP contribution in [0.15, 0.2) is 48.5 Å². The molecule has 6 heteroatoms. The number of fused-ring (bicyclic) bond motifs is 1. The highest BCUT2D eigenvalue weighted by Crippen LogP contribution is 2.23. The van der Waals surface area contributed by atoms with Crippen molar-refractivity contribution in [3.05, 3.63) is 65.5 Å². The monoisotopic (exact) mass is 344 g/mol. The molecule has 0 aliphatic carbocycles. The lowest BCUT2D eigenvalue weighted by atomic mass is 10.2. The molecule has 0 bridgehead atoms. The third-order valence-electron chi connectivity index (χ3n) is 3.86. The Hall–Kier alpha value is -2.18. The van der Waals surface area contributed by atoms with E-state index in [-0.39, 0.29) is 12.4 Å². The largest absolute Gasteiger partial charge is 0.396 e. The minimum absolute atomic E-state index is 0.000958. The Balaban J connectivity index is 2.11. The molecular weight excluding hydrogens is 324 g/mol. The van der Waals surface area contributed by atoms with Crippen molar-refractivity contribution in [1.82, 2.24) is 8.96 Å². The van der Waals surface area contributed by atoms with Crippen LogP contribution in [0.5, 0.6) is 0 Å². The molecule has 5 nitrogen and oxygen atoms in total. The lowest BCUT2D eigenvalue weighted by molar-refractivity contribution is 0.287. The van der Waals surface area contributed by atoms with Crippen molar-refractivity contribution in [2.24, 2.45) is 0 Å². The number of benzene rings is 2. The van der Waals surface area contributed by atoms with E-state index >= 15 is 0 Å². The SMILES string of the molecule is Cc1ccc2c(c1)nc(CCCO)n2S(=O)(=O)Cc1ccccc1. The molecule has 1 aromatic heterocycles. The van der Waals surface area contributed by atoms with Crippen molar-refractivity contribution in [2.45, 2.75) is 25.5 Å². The normalized spacial score (nSPS) is 11.9. The molecule has 0 fully saturated rings. The van der Waals surface area contributed by atoms with Crippen molar-refractivity contribution >= 4 is 21.1 Å². The molecule has 0 aliphatic heterocycles. The Morgan fingerprint density at radius 3 is 2.58 bits per heavy atom. The van der Waals surface area contributed by atoms with Crippen LogP contribution < -0.4 is 0 Å². The van der Waals surface area contributed by atoms with Crippen molar-refractivity contribution < 1.29 is 13.5 Å². The molecule has 3 aromatic rings. The number of rotatable bonds is 6. The molecule has 126 valence electrons. The van der Waals surface area contributed by atoms with Gasteiger partial charge in [-0.2, -0.15) is 0 Å². The third kappa shape index (κ3) is 3.34. The molecule has 0 unspecified atom stereocenters. The second-order valence-electron chi connectivity index (χ2n) is 5.85. The topological polar surface area (TPSA) is 72.2 Å². The number of nitrogens with zero attached hydrogens (tertiary/aromatic N) is 2. The van der Waals surface area contributed by atoms with Crippen molar-refractivity contribution in [3.8, 4) is 0 Å². The summed E-state index contributed by atoms with van der Waals surface area (Å²) in [4.78, 5) is 4.49. The number of aryl methyl sites for hydroxylation is 2. The van der Waals surface area contributed by atoms with E-state index in [0.717, 1.165) is 11.1 Å². The Bertz CT molecular complexity index is 947. The molecule has 1 heterocycles. The molecule has 0 radical (unpaired) electrons. The summed E-state index contributed by atoms with van der Waals surface area (Å²) in [5.41, 5.74) is 3.02. The predicted molar refractivity (Wildman–Crippen MR) is 94.3 cm³/mol. The fraction of sp³-hybridized carbons (Fsp3) is 0.278. The fourth-order valence-corrected chi connectivity index (χ4v) is 4.42. The Morgan fingerprint density at radius 2 is 1.88 bits per heavy atom. The molecule has 0 amide bonds. The van der Waals surface area contributed by atoms with Gasteiger partial charge in [0.05, 0.1) is 16.8 Å². The summed E-state index contributed by atoms with van der Waals surface area (Å²) in [5.74, 6) is 0.389. The van der Waals surface area contributed by atoms with Gasteiger partial charge in [0, 0.05) is 13.0 Å². The molecule has 24 heavy (non-hydrogen) atoms. The van der Waals surface area contributed by atoms with E-state index in [2.05, 4.69) is 4.98 Å². The molecular formula is C18H20N2O3S. The van der Waals surface area contributed by atoms with Gasteiger partial charge in [-0.15, -0.1) is 0 Å². The number of aliphatic hydroxyl groups is 1. The van der Waals surface area contributed by atoms with Gasteiger partial charge in [-0.3, -0.25) is 0 Å². The Morgan fingerprint density at radius 1 is 1.12 bits per heavy atom. The highest BCUT2D eigenvalue weighted by Gasteiger charge is 2.22. The minimum atomic E-state index is -3.60. The number of imidazole rings is 1. The summed E-state index contributed by atoms with van der Waals surface area (Å²) in [6, 6.07) is 14.7. The number of aromatic nitrogens is 2. The summed E-state index contributed by atoms with van der Waals surface area (Å²) in [7, 11) is -3.60. The molecule has 0 spiro atoms. The van der Waals surface area contributed by atoms with Crippen LogP contribution in [0, 0.1) is 6.92 Å². The number of hydrogen-bond donors (Lipinski definition) is 1. The van der Waals surface area contributed by atoms with Crippen molar-refractivity contribution in [1.29, 1.82) is 0 Å². The molecule has 2 aromatic carbocycles.